The molecule has 10 heteroatoms. The average molecular weight is 450 g/mol. The van der Waals surface area contributed by atoms with Gasteiger partial charge in [0.15, 0.2) is 11.5 Å². The van der Waals surface area contributed by atoms with Crippen LogP contribution in [-0.4, -0.2) is 53.3 Å². The monoisotopic (exact) mass is 450 g/mol. The van der Waals surface area contributed by atoms with Crippen molar-refractivity contribution in [2.75, 3.05) is 37.2 Å². The zero-order chi connectivity index (χ0) is 21.8. The van der Waals surface area contributed by atoms with Crippen LogP contribution in [0, 0.1) is 5.82 Å². The maximum Gasteiger partial charge on any atom is 0.264 e. The summed E-state index contributed by atoms with van der Waals surface area (Å²) < 4.78 is 57.6. The van der Waals surface area contributed by atoms with E-state index in [1.54, 1.807) is 0 Å². The number of anilines is 1. The van der Waals surface area contributed by atoms with Gasteiger partial charge in [-0.3, -0.25) is 9.10 Å². The molecule has 8 nitrogen and oxygen atoms in total. The zero-order valence-electron chi connectivity index (χ0n) is 16.8. The number of nitrogens with zero attached hydrogens (tertiary/aromatic N) is 1. The number of amides is 1. The van der Waals surface area contributed by atoms with Crippen molar-refractivity contribution in [1.29, 1.82) is 0 Å². The summed E-state index contributed by atoms with van der Waals surface area (Å²) in [5.41, 5.74) is 0.170. The molecule has 4 rings (SSSR count). The first-order chi connectivity index (χ1) is 14.9. The van der Waals surface area contributed by atoms with Crippen LogP contribution in [0.25, 0.3) is 0 Å². The minimum Gasteiger partial charge on any atom is -0.486 e. The van der Waals surface area contributed by atoms with Crippen LogP contribution in [-0.2, 0) is 19.6 Å². The number of carbonyl (C=O) groups is 1. The Labute approximate surface area is 179 Å². The van der Waals surface area contributed by atoms with Crippen LogP contribution in [0.5, 0.6) is 11.5 Å². The van der Waals surface area contributed by atoms with Crippen molar-refractivity contribution in [3.63, 3.8) is 0 Å². The van der Waals surface area contributed by atoms with Gasteiger partial charge in [0.1, 0.15) is 25.6 Å². The van der Waals surface area contributed by atoms with E-state index in [1.807, 2.05) is 0 Å². The number of ether oxygens (including phenoxy) is 3. The Hall–Kier alpha value is -2.85. The van der Waals surface area contributed by atoms with Gasteiger partial charge in [-0.25, -0.2) is 12.8 Å². The summed E-state index contributed by atoms with van der Waals surface area (Å²) in [6.45, 7) is 1.19. The number of hydrogen-bond acceptors (Lipinski definition) is 6. The van der Waals surface area contributed by atoms with Crippen molar-refractivity contribution in [3.05, 3.63) is 48.3 Å². The molecule has 2 heterocycles. The lowest BCUT2D eigenvalue weighted by Crippen LogP contribution is -2.42. The summed E-state index contributed by atoms with van der Waals surface area (Å²) in [5.74, 6) is -0.230. The summed E-state index contributed by atoms with van der Waals surface area (Å²) in [6.07, 6.45) is 1.70. The molecule has 2 aromatic carbocycles. The van der Waals surface area contributed by atoms with E-state index in [4.69, 9.17) is 14.2 Å². The van der Waals surface area contributed by atoms with Crippen molar-refractivity contribution in [2.45, 2.75) is 23.8 Å². The van der Waals surface area contributed by atoms with Gasteiger partial charge in [0.25, 0.3) is 10.0 Å². The molecule has 0 spiro atoms. The Kier molecular flexibility index (Phi) is 6.28. The van der Waals surface area contributed by atoms with Crippen LogP contribution in [0.1, 0.15) is 12.8 Å². The minimum atomic E-state index is -4.15. The highest BCUT2D eigenvalue weighted by molar-refractivity contribution is 7.92. The van der Waals surface area contributed by atoms with Crippen molar-refractivity contribution < 1.29 is 31.8 Å². The fourth-order valence-corrected chi connectivity index (χ4v) is 4.89. The molecule has 2 aromatic rings. The van der Waals surface area contributed by atoms with Gasteiger partial charge >= 0.3 is 0 Å². The first kappa shape index (κ1) is 21.4. The van der Waals surface area contributed by atoms with Crippen LogP contribution in [0.2, 0.25) is 0 Å². The number of halogens is 1. The number of fused-ring (bicyclic) bond motifs is 1. The molecule has 0 aliphatic carbocycles. The second kappa shape index (κ2) is 9.11. The third-order valence-corrected chi connectivity index (χ3v) is 6.82. The van der Waals surface area contributed by atoms with Gasteiger partial charge in [-0.1, -0.05) is 0 Å². The highest BCUT2D eigenvalue weighted by Crippen LogP contribution is 2.34. The largest absolute Gasteiger partial charge is 0.486 e. The fourth-order valence-electron chi connectivity index (χ4n) is 3.45. The molecule has 0 saturated carbocycles. The second-order valence-electron chi connectivity index (χ2n) is 7.23. The first-order valence-corrected chi connectivity index (χ1v) is 11.4. The molecule has 0 bridgehead atoms. The molecule has 0 unspecified atom stereocenters. The SMILES string of the molecule is O=C(CN(c1ccc(F)cc1)S(=O)(=O)c1ccc2c(c1)OCCO2)NC[C@@H]1CCCO1. The number of nitrogens with one attached hydrogen (secondary N) is 1. The molecule has 1 amide bonds. The Morgan fingerprint density at radius 1 is 1.06 bits per heavy atom. The van der Waals surface area contributed by atoms with Gasteiger partial charge in [-0.05, 0) is 49.2 Å². The summed E-state index contributed by atoms with van der Waals surface area (Å²) in [5, 5.41) is 2.72. The highest BCUT2D eigenvalue weighted by Gasteiger charge is 2.29. The number of benzene rings is 2. The van der Waals surface area contributed by atoms with E-state index in [-0.39, 0.29) is 16.7 Å². The van der Waals surface area contributed by atoms with Crippen molar-refractivity contribution in [2.24, 2.45) is 0 Å². The standard InChI is InChI=1S/C21H23FN2O6S/c22-15-3-5-16(6-4-15)24(14-21(25)23-13-17-2-1-9-28-17)31(26,27)18-7-8-19-20(12-18)30-11-10-29-19/h3-8,12,17H,1-2,9-11,13-14H2,(H,23,25)/t17-/m0/s1. The molecule has 2 aliphatic heterocycles. The molecule has 0 radical (unpaired) electrons. The van der Waals surface area contributed by atoms with E-state index < -0.39 is 28.3 Å². The van der Waals surface area contributed by atoms with Crippen molar-refractivity contribution in [1.82, 2.24) is 5.32 Å². The fraction of sp³-hybridized carbons (Fsp3) is 0.381. The molecule has 1 N–H and O–H groups in total. The van der Waals surface area contributed by atoms with Gasteiger partial charge in [-0.2, -0.15) is 0 Å². The molecule has 1 fully saturated rings. The van der Waals surface area contributed by atoms with E-state index >= 15 is 0 Å². The lowest BCUT2D eigenvalue weighted by Gasteiger charge is -2.25. The third-order valence-electron chi connectivity index (χ3n) is 5.05. The van der Waals surface area contributed by atoms with Crippen LogP contribution in [0.4, 0.5) is 10.1 Å². The Morgan fingerprint density at radius 3 is 2.52 bits per heavy atom. The predicted molar refractivity (Wildman–Crippen MR) is 110 cm³/mol. The van der Waals surface area contributed by atoms with Crippen molar-refractivity contribution >= 4 is 21.6 Å². The van der Waals surface area contributed by atoms with Gasteiger partial charge in [0.05, 0.1) is 16.7 Å². The van der Waals surface area contributed by atoms with Gasteiger partial charge in [0, 0.05) is 19.2 Å². The average Bonchev–Trinajstić information content (AvgIpc) is 3.30. The Bertz CT molecular complexity index is 1040. The number of hydrogen-bond donors (Lipinski definition) is 1. The Balaban J connectivity index is 1.59. The van der Waals surface area contributed by atoms with E-state index in [9.17, 15) is 17.6 Å². The number of rotatable bonds is 7. The highest BCUT2D eigenvalue weighted by atomic mass is 32.2. The van der Waals surface area contributed by atoms with Gasteiger partial charge in [0.2, 0.25) is 5.91 Å². The molecule has 0 aromatic heterocycles. The first-order valence-electron chi connectivity index (χ1n) is 10.00. The second-order valence-corrected chi connectivity index (χ2v) is 9.09. The Morgan fingerprint density at radius 2 is 1.81 bits per heavy atom. The quantitative estimate of drug-likeness (QED) is 0.694. The molecule has 31 heavy (non-hydrogen) atoms. The minimum absolute atomic E-state index is 0.0620. The normalized spacial score (nSPS) is 17.9. The van der Waals surface area contributed by atoms with Crippen LogP contribution >= 0.6 is 0 Å². The summed E-state index contributed by atoms with van der Waals surface area (Å²) in [6, 6.07) is 9.20. The van der Waals surface area contributed by atoms with E-state index in [0.717, 1.165) is 29.3 Å². The summed E-state index contributed by atoms with van der Waals surface area (Å²) >= 11 is 0. The molecule has 1 saturated heterocycles. The third kappa shape index (κ3) is 4.91. The van der Waals surface area contributed by atoms with Crippen LogP contribution in [0.15, 0.2) is 47.4 Å². The number of sulfonamides is 1. The van der Waals surface area contributed by atoms with Gasteiger partial charge in [-0.15, -0.1) is 0 Å². The molecular formula is C21H23FN2O6S. The van der Waals surface area contributed by atoms with Crippen LogP contribution < -0.4 is 19.1 Å². The molecular weight excluding hydrogens is 427 g/mol. The zero-order valence-corrected chi connectivity index (χ0v) is 17.6. The van der Waals surface area contributed by atoms with Crippen LogP contribution in [0.3, 0.4) is 0 Å². The smallest absolute Gasteiger partial charge is 0.264 e. The van der Waals surface area contributed by atoms with Gasteiger partial charge < -0.3 is 19.5 Å². The predicted octanol–water partition coefficient (Wildman–Crippen LogP) is 2.09. The maximum absolute atomic E-state index is 13.4. The lowest BCUT2D eigenvalue weighted by atomic mass is 10.2. The molecule has 2 aliphatic rings. The maximum atomic E-state index is 13.4. The molecule has 1 atom stereocenters. The lowest BCUT2D eigenvalue weighted by molar-refractivity contribution is -0.120. The summed E-state index contributed by atoms with van der Waals surface area (Å²) in [7, 11) is -4.15. The topological polar surface area (TPSA) is 94.2 Å². The van der Waals surface area contributed by atoms with Crippen molar-refractivity contribution in [3.8, 4) is 11.5 Å². The number of carbonyl (C=O) groups excluding carboxylic acids is 1. The van der Waals surface area contributed by atoms with E-state index in [1.165, 1.54) is 30.3 Å². The molecule has 166 valence electrons. The van der Waals surface area contributed by atoms with E-state index in [2.05, 4.69) is 5.32 Å². The summed E-state index contributed by atoms with van der Waals surface area (Å²) in [4.78, 5) is 12.5. The van der Waals surface area contributed by atoms with E-state index in [0.29, 0.717) is 37.9 Å².